The summed E-state index contributed by atoms with van der Waals surface area (Å²) in [6.07, 6.45) is 0.903. The summed E-state index contributed by atoms with van der Waals surface area (Å²) in [5.74, 6) is -1.40. The van der Waals surface area contributed by atoms with Gasteiger partial charge < -0.3 is 10.6 Å². The number of carbonyl (C=O) groups is 2. The zero-order valence-corrected chi connectivity index (χ0v) is 15.9. The number of halogens is 1. The fraction of sp³-hybridized carbons (Fsp3) is 0.529. The first-order chi connectivity index (χ1) is 12.0. The van der Waals surface area contributed by atoms with E-state index in [0.29, 0.717) is 12.8 Å². The van der Waals surface area contributed by atoms with E-state index < -0.39 is 33.3 Å². The molecule has 2 rings (SSSR count). The monoisotopic (exact) mass is 385 g/mol. The number of nitrogens with zero attached hydrogens (tertiary/aromatic N) is 1. The summed E-state index contributed by atoms with van der Waals surface area (Å²) in [4.78, 5) is 24.2. The van der Waals surface area contributed by atoms with E-state index in [1.165, 1.54) is 12.1 Å². The molecule has 1 heterocycles. The Labute approximate surface area is 153 Å². The number of hydrogen-bond acceptors (Lipinski definition) is 4. The van der Waals surface area contributed by atoms with Crippen molar-refractivity contribution in [1.82, 2.24) is 14.9 Å². The molecule has 0 saturated carbocycles. The average molecular weight is 385 g/mol. The van der Waals surface area contributed by atoms with E-state index >= 15 is 0 Å². The Bertz CT molecular complexity index is 772. The maximum atomic E-state index is 13.0. The van der Waals surface area contributed by atoms with Gasteiger partial charge in [-0.05, 0) is 57.9 Å². The quantitative estimate of drug-likeness (QED) is 0.791. The van der Waals surface area contributed by atoms with Crippen LogP contribution in [0.1, 0.15) is 33.6 Å². The third-order valence-electron chi connectivity index (χ3n) is 3.86. The van der Waals surface area contributed by atoms with Gasteiger partial charge in [0.2, 0.25) is 21.8 Å². The van der Waals surface area contributed by atoms with Crippen molar-refractivity contribution in [3.05, 3.63) is 30.1 Å². The molecule has 1 unspecified atom stereocenters. The molecule has 1 fully saturated rings. The molecule has 1 aliphatic rings. The molecule has 1 atom stereocenters. The van der Waals surface area contributed by atoms with Crippen LogP contribution >= 0.6 is 0 Å². The Kier molecular flexibility index (Phi) is 6.02. The molecular formula is C17H24FN3O4S. The molecule has 1 aliphatic heterocycles. The largest absolute Gasteiger partial charge is 0.350 e. The van der Waals surface area contributed by atoms with Gasteiger partial charge in [0.1, 0.15) is 11.9 Å². The maximum absolute atomic E-state index is 13.0. The molecule has 0 bridgehead atoms. The number of amides is 2. The Morgan fingerprint density at radius 3 is 2.42 bits per heavy atom. The number of nitrogens with one attached hydrogen (secondary N) is 2. The summed E-state index contributed by atoms with van der Waals surface area (Å²) in [7, 11) is -3.91. The van der Waals surface area contributed by atoms with Gasteiger partial charge in [-0.25, -0.2) is 12.8 Å². The standard InChI is InChI=1S/C17H24FN3O4S/c1-17(2,3)20-15(22)11-19-16(23)14-5-4-10-21(14)26(24,25)13-8-6-12(18)7-9-13/h6-9,14H,4-5,10-11H2,1-3H3,(H,19,23)(H,20,22). The van der Waals surface area contributed by atoms with Crippen molar-refractivity contribution < 1.29 is 22.4 Å². The minimum Gasteiger partial charge on any atom is -0.350 e. The molecule has 9 heteroatoms. The number of carbonyl (C=O) groups excluding carboxylic acids is 2. The molecule has 0 aromatic heterocycles. The molecule has 0 radical (unpaired) electrons. The Hall–Kier alpha value is -2.00. The second kappa shape index (κ2) is 7.71. The zero-order chi connectivity index (χ0) is 19.5. The molecule has 1 aromatic rings. The highest BCUT2D eigenvalue weighted by Crippen LogP contribution is 2.26. The second-order valence-electron chi connectivity index (χ2n) is 7.24. The SMILES string of the molecule is CC(C)(C)NC(=O)CNC(=O)C1CCCN1S(=O)(=O)c1ccc(F)cc1. The lowest BCUT2D eigenvalue weighted by atomic mass is 10.1. The van der Waals surface area contributed by atoms with E-state index in [9.17, 15) is 22.4 Å². The summed E-state index contributed by atoms with van der Waals surface area (Å²) in [5.41, 5.74) is -0.423. The van der Waals surface area contributed by atoms with Crippen molar-refractivity contribution in [3.63, 3.8) is 0 Å². The first kappa shape index (κ1) is 20.3. The van der Waals surface area contributed by atoms with E-state index in [-0.39, 0.29) is 23.9 Å². The molecule has 0 aliphatic carbocycles. The molecule has 1 aromatic carbocycles. The Morgan fingerprint density at radius 1 is 1.23 bits per heavy atom. The molecule has 7 nitrogen and oxygen atoms in total. The predicted molar refractivity (Wildman–Crippen MR) is 94.2 cm³/mol. The minimum atomic E-state index is -3.91. The van der Waals surface area contributed by atoms with Gasteiger partial charge in [-0.2, -0.15) is 4.31 Å². The van der Waals surface area contributed by atoms with Crippen molar-refractivity contribution in [2.75, 3.05) is 13.1 Å². The number of hydrogen-bond donors (Lipinski definition) is 2. The molecule has 2 N–H and O–H groups in total. The zero-order valence-electron chi connectivity index (χ0n) is 15.1. The summed E-state index contributed by atoms with van der Waals surface area (Å²) in [6, 6.07) is 3.60. The van der Waals surface area contributed by atoms with Gasteiger partial charge in [-0.1, -0.05) is 0 Å². The van der Waals surface area contributed by atoms with Gasteiger partial charge >= 0.3 is 0 Å². The Balaban J connectivity index is 2.06. The van der Waals surface area contributed by atoms with Crippen LogP contribution in [-0.2, 0) is 19.6 Å². The van der Waals surface area contributed by atoms with E-state index in [4.69, 9.17) is 0 Å². The molecule has 0 spiro atoms. The van der Waals surface area contributed by atoms with Gasteiger partial charge in [0.15, 0.2) is 0 Å². The van der Waals surface area contributed by atoms with Gasteiger partial charge in [0.25, 0.3) is 0 Å². The lowest BCUT2D eigenvalue weighted by Crippen LogP contribution is -2.50. The number of rotatable bonds is 5. The minimum absolute atomic E-state index is 0.0657. The van der Waals surface area contributed by atoms with Gasteiger partial charge in [-0.15, -0.1) is 0 Å². The summed E-state index contributed by atoms with van der Waals surface area (Å²) in [6.45, 7) is 5.44. The van der Waals surface area contributed by atoms with Crippen LogP contribution in [0, 0.1) is 5.82 Å². The van der Waals surface area contributed by atoms with Crippen LogP contribution in [0.2, 0.25) is 0 Å². The average Bonchev–Trinajstić information content (AvgIpc) is 3.02. The highest BCUT2D eigenvalue weighted by Gasteiger charge is 2.39. The van der Waals surface area contributed by atoms with Crippen LogP contribution in [0.3, 0.4) is 0 Å². The predicted octanol–water partition coefficient (Wildman–Crippen LogP) is 1.01. The number of sulfonamides is 1. The van der Waals surface area contributed by atoms with Gasteiger partial charge in [0.05, 0.1) is 11.4 Å². The first-order valence-corrected chi connectivity index (χ1v) is 9.81. The topological polar surface area (TPSA) is 95.6 Å². The number of benzene rings is 1. The Morgan fingerprint density at radius 2 is 1.85 bits per heavy atom. The fourth-order valence-corrected chi connectivity index (χ4v) is 4.44. The lowest BCUT2D eigenvalue weighted by Gasteiger charge is -2.24. The van der Waals surface area contributed by atoms with Crippen LogP contribution in [0.15, 0.2) is 29.2 Å². The van der Waals surface area contributed by atoms with Crippen LogP contribution in [0.25, 0.3) is 0 Å². The fourth-order valence-electron chi connectivity index (χ4n) is 2.78. The molecule has 144 valence electrons. The van der Waals surface area contributed by atoms with Crippen molar-refractivity contribution in [2.24, 2.45) is 0 Å². The highest BCUT2D eigenvalue weighted by atomic mass is 32.2. The maximum Gasteiger partial charge on any atom is 0.243 e. The lowest BCUT2D eigenvalue weighted by molar-refractivity contribution is -0.128. The molecule has 2 amide bonds. The van der Waals surface area contributed by atoms with E-state index in [1.54, 1.807) is 0 Å². The summed E-state index contributed by atoms with van der Waals surface area (Å²) >= 11 is 0. The van der Waals surface area contributed by atoms with Gasteiger partial charge in [0, 0.05) is 12.1 Å². The molecule has 1 saturated heterocycles. The first-order valence-electron chi connectivity index (χ1n) is 8.37. The van der Waals surface area contributed by atoms with Crippen molar-refractivity contribution in [1.29, 1.82) is 0 Å². The molecule has 26 heavy (non-hydrogen) atoms. The normalized spacial score (nSPS) is 18.5. The smallest absolute Gasteiger partial charge is 0.243 e. The van der Waals surface area contributed by atoms with E-state index in [2.05, 4.69) is 10.6 Å². The van der Waals surface area contributed by atoms with Crippen LogP contribution in [0.4, 0.5) is 4.39 Å². The summed E-state index contributed by atoms with van der Waals surface area (Å²) < 4.78 is 39.6. The van der Waals surface area contributed by atoms with E-state index in [0.717, 1.165) is 16.4 Å². The van der Waals surface area contributed by atoms with Crippen molar-refractivity contribution >= 4 is 21.8 Å². The van der Waals surface area contributed by atoms with Crippen molar-refractivity contribution in [2.45, 2.75) is 50.1 Å². The highest BCUT2D eigenvalue weighted by molar-refractivity contribution is 7.89. The third kappa shape index (κ3) is 5.01. The van der Waals surface area contributed by atoms with Crippen LogP contribution < -0.4 is 10.6 Å². The summed E-state index contributed by atoms with van der Waals surface area (Å²) in [5, 5.41) is 5.21. The van der Waals surface area contributed by atoms with Crippen LogP contribution in [0.5, 0.6) is 0 Å². The van der Waals surface area contributed by atoms with Crippen molar-refractivity contribution in [3.8, 4) is 0 Å². The van der Waals surface area contributed by atoms with Crippen LogP contribution in [-0.4, -0.2) is 49.2 Å². The molecular weight excluding hydrogens is 361 g/mol. The van der Waals surface area contributed by atoms with E-state index in [1.807, 2.05) is 20.8 Å². The second-order valence-corrected chi connectivity index (χ2v) is 9.13. The third-order valence-corrected chi connectivity index (χ3v) is 5.79. The van der Waals surface area contributed by atoms with Gasteiger partial charge in [-0.3, -0.25) is 9.59 Å².